The van der Waals surface area contributed by atoms with Crippen molar-refractivity contribution in [3.8, 4) is 33.4 Å². The summed E-state index contributed by atoms with van der Waals surface area (Å²) in [5.74, 6) is 0.560. The van der Waals surface area contributed by atoms with E-state index in [0.717, 1.165) is 49.1 Å². The van der Waals surface area contributed by atoms with Crippen molar-refractivity contribution >= 4 is 122 Å². The number of anilines is 4. The Kier molecular flexibility index (Phi) is 33.3. The van der Waals surface area contributed by atoms with Gasteiger partial charge < -0.3 is 50.4 Å². The summed E-state index contributed by atoms with van der Waals surface area (Å²) in [4.78, 5) is 96.9. The minimum Gasteiger partial charge on any atom is -0.450 e. The van der Waals surface area contributed by atoms with Crippen LogP contribution in [0, 0.1) is 0 Å². The number of fused-ring (bicyclic) bond motifs is 2. The molecule has 0 aliphatic rings. The number of nitrogen functional groups attached to an aromatic ring is 2. The number of amides is 8. The van der Waals surface area contributed by atoms with E-state index in [4.69, 9.17) is 49.5 Å². The molecule has 0 bridgehead atoms. The zero-order valence-electron chi connectivity index (χ0n) is 50.1. The Morgan fingerprint density at radius 1 is 0.533 bits per heavy atom. The molecule has 0 aliphatic heterocycles. The summed E-state index contributed by atoms with van der Waals surface area (Å²) in [7, 11) is -1.40. The van der Waals surface area contributed by atoms with Crippen LogP contribution in [0.5, 0.6) is 0 Å². The number of carbonyl (C=O) groups is 6. The maximum absolute atomic E-state index is 11.5. The molecule has 0 saturated heterocycles. The average Bonchev–Trinajstić information content (AvgIpc) is 1.75. The zero-order valence-corrected chi connectivity index (χ0v) is 53.2. The average molecular weight is 1360 g/mol. The number of halogens is 3. The molecular weight excluding hydrogens is 1290 g/mol. The van der Waals surface area contributed by atoms with Gasteiger partial charge >= 0.3 is 31.4 Å². The number of alkyl carbamates (subject to hydrolysis) is 1. The third-order valence-corrected chi connectivity index (χ3v) is 11.8. The van der Waals surface area contributed by atoms with E-state index in [0.29, 0.717) is 48.4 Å². The molecule has 92 heavy (non-hydrogen) atoms. The van der Waals surface area contributed by atoms with Gasteiger partial charge in [0.05, 0.1) is 25.6 Å². The van der Waals surface area contributed by atoms with E-state index in [9.17, 15) is 28.8 Å². The van der Waals surface area contributed by atoms with Crippen LogP contribution in [0.3, 0.4) is 0 Å². The number of imidazole rings is 2. The Morgan fingerprint density at radius 2 is 0.978 bits per heavy atom. The van der Waals surface area contributed by atoms with Gasteiger partial charge in [-0.25, -0.2) is 39.1 Å². The number of aromatic nitrogens is 10. The van der Waals surface area contributed by atoms with Gasteiger partial charge in [0.15, 0.2) is 11.6 Å². The molecule has 12 N–H and O–H groups in total. The van der Waals surface area contributed by atoms with Crippen LogP contribution in [0.1, 0.15) is 27.7 Å². The van der Waals surface area contributed by atoms with Gasteiger partial charge in [-0.15, -0.1) is 23.2 Å². The molecule has 480 valence electrons. The molecular formula is C60H66BBrCl2N18O10. The van der Waals surface area contributed by atoms with Crippen LogP contribution in [0.15, 0.2) is 188 Å². The maximum atomic E-state index is 11.5. The number of hydrogen-bond donors (Lipinski definition) is 10. The number of nitrogens with two attached hydrogens (primary N) is 2. The first-order valence-corrected chi connectivity index (χ1v) is 29.4. The number of rotatable bonds is 12. The molecule has 28 nitrogen and oxygen atoms in total. The third kappa shape index (κ3) is 28.2. The second-order valence-corrected chi connectivity index (χ2v) is 19.1. The lowest BCUT2D eigenvalue weighted by Crippen LogP contribution is -2.39. The molecule has 10 aromatic heterocycles. The smallest absolute Gasteiger partial charge is 0.450 e. The van der Waals surface area contributed by atoms with E-state index in [2.05, 4.69) is 81.8 Å². The number of pyridine rings is 8. The fourth-order valence-corrected chi connectivity index (χ4v) is 7.38. The topological polar surface area (TPSA) is 397 Å². The summed E-state index contributed by atoms with van der Waals surface area (Å²) in [6.07, 6.45) is 23.0. The summed E-state index contributed by atoms with van der Waals surface area (Å²) in [6.45, 7) is 8.64. The number of ether oxygens (including phenoxy) is 2. The number of urea groups is 2. The van der Waals surface area contributed by atoms with E-state index < -0.39 is 37.2 Å². The van der Waals surface area contributed by atoms with Gasteiger partial charge in [0, 0.05) is 114 Å². The molecule has 10 aromatic rings. The Morgan fingerprint density at radius 3 is 1.38 bits per heavy atom. The van der Waals surface area contributed by atoms with Crippen LogP contribution < -0.4 is 48.8 Å². The van der Waals surface area contributed by atoms with Gasteiger partial charge in [0.2, 0.25) is 11.8 Å². The van der Waals surface area contributed by atoms with Gasteiger partial charge in [0.25, 0.3) is 0 Å². The van der Waals surface area contributed by atoms with Gasteiger partial charge in [-0.2, -0.15) is 0 Å². The molecule has 0 fully saturated rings. The number of nitrogens with zero attached hydrogens (tertiary/aromatic N) is 10. The van der Waals surface area contributed by atoms with Crippen molar-refractivity contribution in [1.29, 1.82) is 0 Å². The number of carbonyl (C=O) groups excluding carboxylic acids is 6. The summed E-state index contributed by atoms with van der Waals surface area (Å²) >= 11 is 13.4. The van der Waals surface area contributed by atoms with E-state index in [-0.39, 0.29) is 24.4 Å². The Labute approximate surface area is 547 Å². The zero-order chi connectivity index (χ0) is 67.0. The monoisotopic (exact) mass is 1360 g/mol. The van der Waals surface area contributed by atoms with Crippen molar-refractivity contribution < 1.29 is 48.3 Å². The van der Waals surface area contributed by atoms with Crippen molar-refractivity contribution in [2.75, 3.05) is 60.2 Å². The quantitative estimate of drug-likeness (QED) is 0.0409. The predicted octanol–water partition coefficient (Wildman–Crippen LogP) is 7.98. The number of imide groups is 2. The minimum absolute atomic E-state index is 0.197. The Balaban J connectivity index is 0.000000237. The Hall–Kier alpha value is -10.7. The normalized spacial score (nSPS) is 9.75. The highest BCUT2D eigenvalue weighted by Crippen LogP contribution is 2.23. The molecule has 0 aliphatic carbocycles. The van der Waals surface area contributed by atoms with Crippen molar-refractivity contribution in [2.24, 2.45) is 0 Å². The number of nitrogens with one attached hydrogen (secondary N) is 6. The van der Waals surface area contributed by atoms with Gasteiger partial charge in [-0.1, -0.05) is 40.2 Å². The lowest BCUT2D eigenvalue weighted by atomic mass is 9.82. The van der Waals surface area contributed by atoms with Crippen LogP contribution in [0.2, 0.25) is 0 Å². The van der Waals surface area contributed by atoms with Crippen molar-refractivity contribution in [3.05, 3.63) is 188 Å². The first kappa shape index (κ1) is 73.8. The highest BCUT2D eigenvalue weighted by Gasteiger charge is 2.11. The summed E-state index contributed by atoms with van der Waals surface area (Å²) in [5, 5.41) is 31.3. The SMILES string of the molecule is CCNC(=O)NC(=O)CCl.CCNC(=O)Nc1cn2ccc(-c3cccnc3)cc2n1.CCOC(=O)NC(=O)CCl.CCOC(=O)Nc1cn2ccc(-c3cccnc3)cc2n1.Nc1cc(-c2cccnc2)ccn1.Nc1cc(Br)ccn1.OB(O)c1cccnc1. The fraction of sp³-hybridized carbons (Fsp3) is 0.167. The van der Waals surface area contributed by atoms with Crippen LogP contribution in [0.4, 0.5) is 42.4 Å². The van der Waals surface area contributed by atoms with Gasteiger partial charge in [-0.3, -0.25) is 50.8 Å². The van der Waals surface area contributed by atoms with Crippen LogP contribution in [0.25, 0.3) is 44.7 Å². The fourth-order valence-electron chi connectivity index (χ4n) is 6.89. The van der Waals surface area contributed by atoms with Gasteiger partial charge in [-0.05, 0) is 117 Å². The lowest BCUT2D eigenvalue weighted by Gasteiger charge is -2.00. The number of alkyl halides is 2. The maximum Gasteiger partial charge on any atom is 0.490 e. The summed E-state index contributed by atoms with van der Waals surface area (Å²) < 4.78 is 13.9. The second-order valence-electron chi connectivity index (χ2n) is 17.6. The Bertz CT molecular complexity index is 3690. The van der Waals surface area contributed by atoms with Crippen LogP contribution in [-0.2, 0) is 19.1 Å². The van der Waals surface area contributed by atoms with Crippen LogP contribution in [-0.4, -0.2) is 140 Å². The summed E-state index contributed by atoms with van der Waals surface area (Å²) in [6, 6.07) is 29.3. The predicted molar refractivity (Wildman–Crippen MR) is 356 cm³/mol. The van der Waals surface area contributed by atoms with E-state index in [1.54, 1.807) is 101 Å². The first-order valence-electron chi connectivity index (χ1n) is 27.6. The van der Waals surface area contributed by atoms with Gasteiger partial charge in [0.1, 0.15) is 34.7 Å². The molecule has 8 amide bonds. The molecule has 0 spiro atoms. The standard InChI is InChI=1S/C15H15N5O.C15H14N4O2.C10H9N3.C5H6BNO2.C5H5BrN2.C5H9ClN2O2.C5H8ClNO3/c1-2-17-15(21)19-13-10-20-7-5-11(8-14(20)18-13)12-4-3-6-16-9-12;1-2-21-15(20)18-13-10-19-7-5-11(8-14(19)17-13)12-4-3-6-16-9-12;11-10-6-8(3-5-13-10)9-2-1-4-12-7-9;8-6(9)5-2-1-3-7-4-5;6-4-1-2-8-5(7)3-4;1-2-7-5(10)8-4(9)3-6;1-2-10-5(9)7-4(8)3-6/h3-10H,2H2,1H3,(H2,17,19,21);3-10H,2H2,1H3,(H,18,20);1-7H,(H2,11,13);1-4,8-9H;1-3H,(H2,7,8);2-3H2,1H3,(H2,7,8,9,10);2-3H2,1H3,(H,7,8,9). The highest BCUT2D eigenvalue weighted by atomic mass is 79.9. The second kappa shape index (κ2) is 41.5. The largest absolute Gasteiger partial charge is 0.490 e. The van der Waals surface area contributed by atoms with E-state index in [1.165, 1.54) is 6.20 Å². The molecule has 10 heterocycles. The molecule has 0 aromatic carbocycles. The first-order chi connectivity index (χ1) is 44.4. The summed E-state index contributed by atoms with van der Waals surface area (Å²) in [5.41, 5.74) is 19.0. The minimum atomic E-state index is -1.40. The molecule has 0 atom stereocenters. The van der Waals surface area contributed by atoms with Crippen molar-refractivity contribution in [2.45, 2.75) is 27.7 Å². The van der Waals surface area contributed by atoms with E-state index >= 15 is 0 Å². The molecule has 10 rings (SSSR count). The lowest BCUT2D eigenvalue weighted by molar-refractivity contribution is -0.118. The third-order valence-electron chi connectivity index (χ3n) is 10.8. The van der Waals surface area contributed by atoms with Crippen molar-refractivity contribution in [3.63, 3.8) is 0 Å². The van der Waals surface area contributed by atoms with Crippen molar-refractivity contribution in [1.82, 2.24) is 69.9 Å². The number of hydrogen-bond acceptors (Lipinski definition) is 20. The molecule has 0 radical (unpaired) electrons. The van der Waals surface area contributed by atoms with Crippen LogP contribution >= 0.6 is 39.1 Å². The molecule has 32 heteroatoms. The van der Waals surface area contributed by atoms with E-state index in [1.807, 2.05) is 124 Å². The highest BCUT2D eigenvalue weighted by molar-refractivity contribution is 9.10. The molecule has 0 unspecified atom stereocenters. The molecule has 0 saturated carbocycles.